The predicted molar refractivity (Wildman–Crippen MR) is 52.6 cm³/mol. The minimum absolute atomic E-state index is 0.199. The molecule has 0 aliphatic carbocycles. The molecular weight excluding hydrogens is 184 g/mol. The summed E-state index contributed by atoms with van der Waals surface area (Å²) in [6.07, 6.45) is 3.80. The van der Waals surface area contributed by atoms with Crippen molar-refractivity contribution in [3.05, 3.63) is 12.7 Å². The smallest absolute Gasteiger partial charge is 0.332 e. The third-order valence-corrected chi connectivity index (χ3v) is 1.78. The predicted octanol–water partition coefficient (Wildman–Crippen LogP) is 1.24. The number of hydrogen-bond acceptors (Lipinski definition) is 4. The molecule has 82 valence electrons. The summed E-state index contributed by atoms with van der Waals surface area (Å²) in [5, 5.41) is 8.54. The number of aliphatic hydroxyl groups is 1. The lowest BCUT2D eigenvalue weighted by Crippen LogP contribution is -2.18. The summed E-state index contributed by atoms with van der Waals surface area (Å²) in [6.45, 7) is 3.49. The van der Waals surface area contributed by atoms with E-state index in [9.17, 15) is 4.79 Å². The molecule has 0 saturated carbocycles. The molecule has 0 rings (SSSR count). The van der Waals surface area contributed by atoms with Gasteiger partial charge in [0.05, 0.1) is 0 Å². The first-order valence-corrected chi connectivity index (χ1v) is 4.71. The number of methoxy groups -OCH3 is 1. The number of esters is 1. The molecule has 1 N–H and O–H groups in total. The molecule has 0 radical (unpaired) electrons. The van der Waals surface area contributed by atoms with Gasteiger partial charge in [0.2, 0.25) is 6.29 Å². The summed E-state index contributed by atoms with van der Waals surface area (Å²) in [4.78, 5) is 10.8. The average Bonchev–Trinajstić information content (AvgIpc) is 2.22. The fraction of sp³-hybridized carbons (Fsp3) is 0.700. The van der Waals surface area contributed by atoms with Crippen LogP contribution in [0.15, 0.2) is 12.7 Å². The Kier molecular flexibility index (Phi) is 8.17. The van der Waals surface area contributed by atoms with Gasteiger partial charge in [0, 0.05) is 26.2 Å². The van der Waals surface area contributed by atoms with Gasteiger partial charge in [-0.15, -0.1) is 0 Å². The minimum Gasteiger partial charge on any atom is -0.433 e. The number of rotatable bonds is 8. The quantitative estimate of drug-likeness (QED) is 0.278. The highest BCUT2D eigenvalue weighted by atomic mass is 16.7. The lowest BCUT2D eigenvalue weighted by atomic mass is 10.2. The largest absolute Gasteiger partial charge is 0.433 e. The van der Waals surface area contributed by atoms with E-state index in [0.717, 1.165) is 25.3 Å². The van der Waals surface area contributed by atoms with Crippen LogP contribution in [0.1, 0.15) is 25.7 Å². The highest BCUT2D eigenvalue weighted by Gasteiger charge is 2.10. The summed E-state index contributed by atoms with van der Waals surface area (Å²) < 4.78 is 9.84. The number of unbranched alkanes of at least 4 members (excludes halogenated alkanes) is 2. The summed E-state index contributed by atoms with van der Waals surface area (Å²) in [5.74, 6) is -0.473. The van der Waals surface area contributed by atoms with Crippen molar-refractivity contribution in [3.63, 3.8) is 0 Å². The Morgan fingerprint density at radius 3 is 2.71 bits per heavy atom. The van der Waals surface area contributed by atoms with Gasteiger partial charge in [-0.1, -0.05) is 13.0 Å². The van der Waals surface area contributed by atoms with Gasteiger partial charge < -0.3 is 14.6 Å². The summed E-state index contributed by atoms with van der Waals surface area (Å²) in [7, 11) is 1.49. The molecule has 0 heterocycles. The van der Waals surface area contributed by atoms with Gasteiger partial charge in [0.15, 0.2) is 0 Å². The van der Waals surface area contributed by atoms with Crippen LogP contribution >= 0.6 is 0 Å². The zero-order valence-electron chi connectivity index (χ0n) is 8.57. The number of hydrogen-bond donors (Lipinski definition) is 1. The molecule has 1 unspecified atom stereocenters. The van der Waals surface area contributed by atoms with Crippen molar-refractivity contribution >= 4 is 5.97 Å². The number of ether oxygens (including phenoxy) is 2. The van der Waals surface area contributed by atoms with Crippen LogP contribution in [-0.4, -0.2) is 31.1 Å². The van der Waals surface area contributed by atoms with Crippen LogP contribution in [0.3, 0.4) is 0 Å². The van der Waals surface area contributed by atoms with Crippen molar-refractivity contribution in [2.45, 2.75) is 32.0 Å². The van der Waals surface area contributed by atoms with Gasteiger partial charge in [-0.05, 0) is 12.8 Å². The first-order chi connectivity index (χ1) is 6.74. The van der Waals surface area contributed by atoms with Gasteiger partial charge in [-0.2, -0.15) is 0 Å². The molecule has 1 atom stereocenters. The lowest BCUT2D eigenvalue weighted by Gasteiger charge is -2.14. The SMILES string of the molecule is C=CC(=O)OC(CCCCCO)OC. The molecule has 0 aromatic heterocycles. The maximum Gasteiger partial charge on any atom is 0.332 e. The Balaban J connectivity index is 3.57. The molecule has 0 saturated heterocycles. The van der Waals surface area contributed by atoms with E-state index in [2.05, 4.69) is 6.58 Å². The second-order valence-electron chi connectivity index (χ2n) is 2.88. The van der Waals surface area contributed by atoms with E-state index in [4.69, 9.17) is 14.6 Å². The van der Waals surface area contributed by atoms with Gasteiger partial charge in [-0.25, -0.2) is 4.79 Å². The molecule has 14 heavy (non-hydrogen) atoms. The van der Waals surface area contributed by atoms with Gasteiger partial charge in [0.1, 0.15) is 0 Å². The Hall–Kier alpha value is -0.870. The monoisotopic (exact) mass is 202 g/mol. The third-order valence-electron chi connectivity index (χ3n) is 1.78. The Morgan fingerprint density at radius 1 is 1.50 bits per heavy atom. The van der Waals surface area contributed by atoms with Crippen LogP contribution < -0.4 is 0 Å². The Labute approximate surface area is 84.5 Å². The molecule has 0 aromatic carbocycles. The van der Waals surface area contributed by atoms with Crippen LogP contribution in [0, 0.1) is 0 Å². The van der Waals surface area contributed by atoms with E-state index in [-0.39, 0.29) is 6.61 Å². The summed E-state index contributed by atoms with van der Waals surface area (Å²) in [6, 6.07) is 0. The zero-order chi connectivity index (χ0) is 10.8. The molecule has 0 aromatic rings. The van der Waals surface area contributed by atoms with E-state index in [1.165, 1.54) is 7.11 Å². The van der Waals surface area contributed by atoms with Crippen LogP contribution in [0.2, 0.25) is 0 Å². The maximum absolute atomic E-state index is 10.8. The normalized spacial score (nSPS) is 12.1. The van der Waals surface area contributed by atoms with E-state index in [1.807, 2.05) is 0 Å². The minimum atomic E-state index is -0.501. The molecule has 0 aliphatic heterocycles. The standard InChI is InChI=1S/C10H18O4/c1-3-9(12)14-10(13-2)7-5-4-6-8-11/h3,10-11H,1,4-8H2,2H3. The van der Waals surface area contributed by atoms with Gasteiger partial charge in [-0.3, -0.25) is 0 Å². The second-order valence-corrected chi connectivity index (χ2v) is 2.88. The first kappa shape index (κ1) is 13.1. The Morgan fingerprint density at radius 2 is 2.21 bits per heavy atom. The van der Waals surface area contributed by atoms with Crippen LogP contribution in [0.4, 0.5) is 0 Å². The Bertz CT molecular complexity index is 168. The molecule has 0 bridgehead atoms. The van der Waals surface area contributed by atoms with E-state index in [0.29, 0.717) is 6.42 Å². The summed E-state index contributed by atoms with van der Waals surface area (Å²) >= 11 is 0. The van der Waals surface area contributed by atoms with E-state index < -0.39 is 12.3 Å². The fourth-order valence-electron chi connectivity index (χ4n) is 1.00. The first-order valence-electron chi connectivity index (χ1n) is 4.71. The average molecular weight is 202 g/mol. The van der Waals surface area contributed by atoms with Gasteiger partial charge in [0.25, 0.3) is 0 Å². The lowest BCUT2D eigenvalue weighted by molar-refractivity contribution is -0.168. The zero-order valence-corrected chi connectivity index (χ0v) is 8.57. The van der Waals surface area contributed by atoms with Crippen LogP contribution in [0.25, 0.3) is 0 Å². The number of aliphatic hydroxyl groups excluding tert-OH is 1. The molecule has 0 amide bonds. The fourth-order valence-corrected chi connectivity index (χ4v) is 1.00. The molecule has 4 nitrogen and oxygen atoms in total. The topological polar surface area (TPSA) is 55.8 Å². The second kappa shape index (κ2) is 8.72. The molecule has 4 heteroatoms. The van der Waals surface area contributed by atoms with E-state index >= 15 is 0 Å². The third kappa shape index (κ3) is 6.62. The van der Waals surface area contributed by atoms with Crippen LogP contribution in [-0.2, 0) is 14.3 Å². The highest BCUT2D eigenvalue weighted by molar-refractivity contribution is 5.81. The number of carbonyl (C=O) groups excluding carboxylic acids is 1. The van der Waals surface area contributed by atoms with E-state index in [1.54, 1.807) is 0 Å². The van der Waals surface area contributed by atoms with Crippen molar-refractivity contribution < 1.29 is 19.4 Å². The summed E-state index contributed by atoms with van der Waals surface area (Å²) in [5.41, 5.74) is 0. The maximum atomic E-state index is 10.8. The van der Waals surface area contributed by atoms with Crippen molar-refractivity contribution in [2.24, 2.45) is 0 Å². The molecule has 0 fully saturated rings. The van der Waals surface area contributed by atoms with Crippen LogP contribution in [0.5, 0.6) is 0 Å². The molecule has 0 spiro atoms. The van der Waals surface area contributed by atoms with Crippen molar-refractivity contribution in [1.82, 2.24) is 0 Å². The highest BCUT2D eigenvalue weighted by Crippen LogP contribution is 2.07. The number of carbonyl (C=O) groups is 1. The van der Waals surface area contributed by atoms with Gasteiger partial charge >= 0.3 is 5.97 Å². The molecular formula is C10H18O4. The molecule has 0 aliphatic rings. The van der Waals surface area contributed by atoms with Crippen molar-refractivity contribution in [3.8, 4) is 0 Å². The van der Waals surface area contributed by atoms with Crippen molar-refractivity contribution in [1.29, 1.82) is 0 Å². The van der Waals surface area contributed by atoms with Crippen molar-refractivity contribution in [2.75, 3.05) is 13.7 Å².